The van der Waals surface area contributed by atoms with E-state index in [1.165, 1.54) is 51.4 Å². The van der Waals surface area contributed by atoms with Crippen LogP contribution in [-0.2, 0) is 28.6 Å². The Bertz CT molecular complexity index is 1050. The summed E-state index contributed by atoms with van der Waals surface area (Å²) >= 11 is 0. The predicted molar refractivity (Wildman–Crippen MR) is 228 cm³/mol. The van der Waals surface area contributed by atoms with Gasteiger partial charge in [0.1, 0.15) is 13.2 Å². The van der Waals surface area contributed by atoms with E-state index < -0.39 is 6.10 Å². The van der Waals surface area contributed by atoms with E-state index in [2.05, 4.69) is 93.7 Å². The molecule has 0 rings (SSSR count). The lowest BCUT2D eigenvalue weighted by Gasteiger charge is -2.18. The number of hydrogen-bond donors (Lipinski definition) is 0. The Kier molecular flexibility index (Phi) is 40.1. The van der Waals surface area contributed by atoms with E-state index in [0.29, 0.717) is 25.7 Å². The molecule has 0 aromatic rings. The fourth-order valence-corrected chi connectivity index (χ4v) is 5.59. The van der Waals surface area contributed by atoms with Crippen molar-refractivity contribution in [2.45, 2.75) is 200 Å². The molecule has 0 spiro atoms. The first kappa shape index (κ1) is 50.9. The molecular formula is C48H80O6. The molecule has 6 nitrogen and oxygen atoms in total. The highest BCUT2D eigenvalue weighted by atomic mass is 16.6. The molecule has 6 heteroatoms. The fraction of sp³-hybridized carbons (Fsp3) is 0.688. The average Bonchev–Trinajstić information content (AvgIpc) is 3.17. The van der Waals surface area contributed by atoms with Crippen molar-refractivity contribution in [3.63, 3.8) is 0 Å². The van der Waals surface area contributed by atoms with Gasteiger partial charge in [0.2, 0.25) is 0 Å². The van der Waals surface area contributed by atoms with E-state index in [4.69, 9.17) is 14.2 Å². The minimum Gasteiger partial charge on any atom is -0.462 e. The molecule has 0 N–H and O–H groups in total. The van der Waals surface area contributed by atoms with Gasteiger partial charge in [-0.25, -0.2) is 0 Å². The summed E-state index contributed by atoms with van der Waals surface area (Å²) in [7, 11) is 0. The molecule has 0 bridgehead atoms. The van der Waals surface area contributed by atoms with Gasteiger partial charge in [-0.05, 0) is 96.3 Å². The molecule has 54 heavy (non-hydrogen) atoms. The zero-order chi connectivity index (χ0) is 39.4. The molecule has 0 heterocycles. The Morgan fingerprint density at radius 1 is 0.389 bits per heavy atom. The number of allylic oxidation sites excluding steroid dienone is 12. The molecule has 0 aliphatic heterocycles. The summed E-state index contributed by atoms with van der Waals surface area (Å²) in [5.74, 6) is -0.988. The lowest BCUT2D eigenvalue weighted by Crippen LogP contribution is -2.30. The molecule has 0 saturated carbocycles. The first-order valence-electron chi connectivity index (χ1n) is 21.9. The molecule has 0 saturated heterocycles. The molecule has 0 aromatic heterocycles. The third-order valence-corrected chi connectivity index (χ3v) is 8.91. The average molecular weight is 753 g/mol. The molecule has 1 unspecified atom stereocenters. The van der Waals surface area contributed by atoms with Crippen LogP contribution in [0, 0.1) is 0 Å². The minimum absolute atomic E-state index is 0.105. The van der Waals surface area contributed by atoms with Crippen molar-refractivity contribution in [3.05, 3.63) is 72.9 Å². The van der Waals surface area contributed by atoms with E-state index in [1.807, 2.05) is 0 Å². The van der Waals surface area contributed by atoms with Gasteiger partial charge in [0.05, 0.1) is 0 Å². The zero-order valence-corrected chi connectivity index (χ0v) is 35.0. The Labute approximate surface area is 332 Å². The monoisotopic (exact) mass is 753 g/mol. The summed E-state index contributed by atoms with van der Waals surface area (Å²) in [6.45, 7) is 6.36. The summed E-state index contributed by atoms with van der Waals surface area (Å²) in [5.41, 5.74) is 0. The molecule has 1 atom stereocenters. The highest BCUT2D eigenvalue weighted by Gasteiger charge is 2.19. The van der Waals surface area contributed by atoms with Gasteiger partial charge in [-0.3, -0.25) is 14.4 Å². The van der Waals surface area contributed by atoms with E-state index in [9.17, 15) is 14.4 Å². The summed E-state index contributed by atoms with van der Waals surface area (Å²) in [6, 6.07) is 0. The Morgan fingerprint density at radius 3 is 1.30 bits per heavy atom. The van der Waals surface area contributed by atoms with Gasteiger partial charge in [-0.1, -0.05) is 151 Å². The summed E-state index contributed by atoms with van der Waals surface area (Å²) in [4.78, 5) is 37.6. The number of unbranched alkanes of at least 4 members (excludes halogenated alkanes) is 15. The van der Waals surface area contributed by atoms with Crippen LogP contribution in [0.15, 0.2) is 72.9 Å². The minimum atomic E-state index is -0.800. The molecule has 0 radical (unpaired) electrons. The standard InChI is InChI=1S/C48H80O6/c1-4-7-10-13-16-19-21-22-23-24-25-27-29-32-35-38-41-47(50)53-44-45(43-52-46(49)40-37-34-31-28-18-15-12-9-6-3)54-48(51)42-39-36-33-30-26-20-17-14-11-8-5-2/h7,10,14,16-17,19,22-23,25,27-28,31,45H,4-6,8-9,11-13,15,18,20-21,24,26,29-30,32-44H2,1-3H3/b10-7-,17-14-,19-16-,23-22-,27-25-,31-28-. The van der Waals surface area contributed by atoms with Crippen LogP contribution in [0.3, 0.4) is 0 Å². The number of hydrogen-bond acceptors (Lipinski definition) is 6. The third kappa shape index (κ3) is 40.0. The molecular weight excluding hydrogens is 673 g/mol. The molecule has 0 amide bonds. The molecule has 0 aromatic carbocycles. The third-order valence-electron chi connectivity index (χ3n) is 8.91. The quantitative estimate of drug-likeness (QED) is 0.0270. The summed E-state index contributed by atoms with van der Waals surface area (Å²) < 4.78 is 16.6. The Balaban J connectivity index is 4.45. The molecule has 0 aliphatic rings. The van der Waals surface area contributed by atoms with Crippen LogP contribution in [0.4, 0.5) is 0 Å². The Morgan fingerprint density at radius 2 is 0.759 bits per heavy atom. The van der Waals surface area contributed by atoms with Crippen LogP contribution in [0.2, 0.25) is 0 Å². The number of rotatable bonds is 38. The van der Waals surface area contributed by atoms with Gasteiger partial charge in [0.15, 0.2) is 6.10 Å². The molecule has 0 fully saturated rings. The van der Waals surface area contributed by atoms with Gasteiger partial charge >= 0.3 is 17.9 Å². The SMILES string of the molecule is CC/C=C\C/C=C\C/C=C\C/C=C\CCCCCC(=O)OCC(COC(=O)CCC/C=C\CCCCCC)OC(=O)CCCCCCC/C=C\CCCC. The van der Waals surface area contributed by atoms with Crippen molar-refractivity contribution >= 4 is 17.9 Å². The van der Waals surface area contributed by atoms with Crippen LogP contribution in [0.25, 0.3) is 0 Å². The lowest BCUT2D eigenvalue weighted by molar-refractivity contribution is -0.167. The van der Waals surface area contributed by atoms with Crippen molar-refractivity contribution in [2.24, 2.45) is 0 Å². The summed E-state index contributed by atoms with van der Waals surface area (Å²) in [5, 5.41) is 0. The smallest absolute Gasteiger partial charge is 0.306 e. The maximum absolute atomic E-state index is 12.7. The molecule has 0 aliphatic carbocycles. The highest BCUT2D eigenvalue weighted by Crippen LogP contribution is 2.12. The number of esters is 3. The first-order chi connectivity index (χ1) is 26.5. The lowest BCUT2D eigenvalue weighted by atomic mass is 10.1. The van der Waals surface area contributed by atoms with Gasteiger partial charge < -0.3 is 14.2 Å². The van der Waals surface area contributed by atoms with E-state index in [-0.39, 0.29) is 31.1 Å². The normalized spacial score (nSPS) is 12.7. The second-order valence-corrected chi connectivity index (χ2v) is 14.2. The largest absolute Gasteiger partial charge is 0.462 e. The summed E-state index contributed by atoms with van der Waals surface area (Å²) in [6.07, 6.45) is 51.8. The molecule has 308 valence electrons. The van der Waals surface area contributed by atoms with Gasteiger partial charge in [-0.15, -0.1) is 0 Å². The van der Waals surface area contributed by atoms with Crippen molar-refractivity contribution in [1.82, 2.24) is 0 Å². The van der Waals surface area contributed by atoms with Gasteiger partial charge in [0, 0.05) is 19.3 Å². The number of carbonyl (C=O) groups excluding carboxylic acids is 3. The maximum Gasteiger partial charge on any atom is 0.306 e. The van der Waals surface area contributed by atoms with Crippen molar-refractivity contribution in [1.29, 1.82) is 0 Å². The number of carbonyl (C=O) groups is 3. The van der Waals surface area contributed by atoms with Crippen LogP contribution in [0.1, 0.15) is 194 Å². The zero-order valence-electron chi connectivity index (χ0n) is 35.0. The van der Waals surface area contributed by atoms with Gasteiger partial charge in [-0.2, -0.15) is 0 Å². The first-order valence-corrected chi connectivity index (χ1v) is 21.9. The fourth-order valence-electron chi connectivity index (χ4n) is 5.59. The predicted octanol–water partition coefficient (Wildman–Crippen LogP) is 13.9. The van der Waals surface area contributed by atoms with Crippen molar-refractivity contribution in [3.8, 4) is 0 Å². The van der Waals surface area contributed by atoms with Crippen LogP contribution >= 0.6 is 0 Å². The van der Waals surface area contributed by atoms with Crippen molar-refractivity contribution in [2.75, 3.05) is 13.2 Å². The van der Waals surface area contributed by atoms with Crippen molar-refractivity contribution < 1.29 is 28.6 Å². The second kappa shape index (κ2) is 42.6. The topological polar surface area (TPSA) is 78.9 Å². The van der Waals surface area contributed by atoms with E-state index >= 15 is 0 Å². The number of ether oxygens (including phenoxy) is 3. The Hall–Kier alpha value is -3.15. The highest BCUT2D eigenvalue weighted by molar-refractivity contribution is 5.71. The van der Waals surface area contributed by atoms with E-state index in [1.54, 1.807) is 0 Å². The van der Waals surface area contributed by atoms with Gasteiger partial charge in [0.25, 0.3) is 0 Å². The second-order valence-electron chi connectivity index (χ2n) is 14.2. The van der Waals surface area contributed by atoms with E-state index in [0.717, 1.165) is 96.3 Å². The van der Waals surface area contributed by atoms with Crippen LogP contribution in [0.5, 0.6) is 0 Å². The van der Waals surface area contributed by atoms with Crippen LogP contribution < -0.4 is 0 Å². The van der Waals surface area contributed by atoms with Crippen LogP contribution in [-0.4, -0.2) is 37.2 Å². The maximum atomic E-state index is 12.7.